The average molecular weight is 232 g/mol. The summed E-state index contributed by atoms with van der Waals surface area (Å²) in [5, 5.41) is 3.26. The van der Waals surface area contributed by atoms with Gasteiger partial charge >= 0.3 is 0 Å². The zero-order valence-corrected chi connectivity index (χ0v) is 10.0. The molecule has 0 N–H and O–H groups in total. The van der Waals surface area contributed by atoms with Gasteiger partial charge in [0.25, 0.3) is 0 Å². The Hall–Kier alpha value is -1.64. The van der Waals surface area contributed by atoms with Crippen LogP contribution in [0.3, 0.4) is 0 Å². The van der Waals surface area contributed by atoms with Gasteiger partial charge in [0.1, 0.15) is 0 Å². The monoisotopic (exact) mass is 232 g/mol. The van der Waals surface area contributed by atoms with E-state index in [4.69, 9.17) is 0 Å². The molecule has 2 aromatic rings. The molecule has 0 bridgehead atoms. The van der Waals surface area contributed by atoms with E-state index in [2.05, 4.69) is 22.9 Å². The van der Waals surface area contributed by atoms with Crippen molar-refractivity contribution in [2.24, 2.45) is 4.99 Å². The topological polar surface area (TPSA) is 32.7 Å². The Morgan fingerprint density at radius 1 is 1.50 bits per heavy atom. The maximum Gasteiger partial charge on any atom is 0.240 e. The van der Waals surface area contributed by atoms with Crippen molar-refractivity contribution in [1.29, 1.82) is 0 Å². The highest BCUT2D eigenvalue weighted by Gasteiger charge is 2.07. The molecule has 0 aliphatic rings. The molecule has 82 valence electrons. The van der Waals surface area contributed by atoms with Crippen molar-refractivity contribution in [3.05, 3.63) is 23.6 Å². The van der Waals surface area contributed by atoms with Gasteiger partial charge in [0, 0.05) is 29.4 Å². The predicted molar refractivity (Wildman–Crippen MR) is 68.6 cm³/mol. The first kappa shape index (κ1) is 10.9. The molecular formula is C12H12N2OS. The third kappa shape index (κ3) is 1.85. The molecule has 0 atom stereocenters. The Balaban J connectivity index is 2.67. The molecule has 16 heavy (non-hydrogen) atoms. The molecule has 0 radical (unpaired) electrons. The molecule has 0 saturated carbocycles. The summed E-state index contributed by atoms with van der Waals surface area (Å²) in [6, 6.07) is 5.93. The first-order valence-electron chi connectivity index (χ1n) is 5.06. The normalized spacial score (nSPS) is 10.1. The third-order valence-electron chi connectivity index (χ3n) is 2.60. The Kier molecular flexibility index (Phi) is 3.04. The zero-order chi connectivity index (χ0) is 11.5. The van der Waals surface area contributed by atoms with Crippen molar-refractivity contribution in [1.82, 2.24) is 0 Å². The van der Waals surface area contributed by atoms with Gasteiger partial charge in [-0.05, 0) is 30.5 Å². The molecule has 0 unspecified atom stereocenters. The number of isocyanates is 1. The van der Waals surface area contributed by atoms with Gasteiger partial charge in [0.05, 0.1) is 5.69 Å². The van der Waals surface area contributed by atoms with Gasteiger partial charge in [0.2, 0.25) is 6.08 Å². The summed E-state index contributed by atoms with van der Waals surface area (Å²) in [4.78, 5) is 16.1. The first-order chi connectivity index (χ1) is 7.76. The molecule has 3 nitrogen and oxygen atoms in total. The van der Waals surface area contributed by atoms with Gasteiger partial charge in [-0.2, -0.15) is 4.99 Å². The molecular weight excluding hydrogens is 220 g/mol. The molecule has 0 spiro atoms. The quantitative estimate of drug-likeness (QED) is 0.600. The fourth-order valence-electron chi connectivity index (χ4n) is 1.64. The van der Waals surface area contributed by atoms with E-state index in [1.54, 1.807) is 17.4 Å². The summed E-state index contributed by atoms with van der Waals surface area (Å²) < 4.78 is 1.15. The SMILES string of the molecule is CCN(C)c1cc(N=C=O)cc2sccc12. The van der Waals surface area contributed by atoms with Crippen molar-refractivity contribution >= 4 is 38.9 Å². The van der Waals surface area contributed by atoms with Crippen molar-refractivity contribution in [2.75, 3.05) is 18.5 Å². The number of hydrogen-bond donors (Lipinski definition) is 0. The lowest BCUT2D eigenvalue weighted by atomic mass is 10.2. The largest absolute Gasteiger partial charge is 0.374 e. The van der Waals surface area contributed by atoms with E-state index in [0.717, 1.165) is 16.9 Å². The number of aliphatic imine (C=N–C) groups is 1. The molecule has 0 saturated heterocycles. The Morgan fingerprint density at radius 3 is 3.00 bits per heavy atom. The van der Waals surface area contributed by atoms with Crippen LogP contribution in [0.25, 0.3) is 10.1 Å². The van der Waals surface area contributed by atoms with Crippen molar-refractivity contribution in [3.8, 4) is 0 Å². The fraction of sp³-hybridized carbons (Fsp3) is 0.250. The number of anilines is 1. The predicted octanol–water partition coefficient (Wildman–Crippen LogP) is 3.32. The lowest BCUT2D eigenvalue weighted by molar-refractivity contribution is 0.565. The molecule has 0 aliphatic carbocycles. The van der Waals surface area contributed by atoms with E-state index in [9.17, 15) is 4.79 Å². The molecule has 0 fully saturated rings. The highest BCUT2D eigenvalue weighted by atomic mass is 32.1. The molecule has 0 aliphatic heterocycles. The van der Waals surface area contributed by atoms with E-state index < -0.39 is 0 Å². The van der Waals surface area contributed by atoms with E-state index in [-0.39, 0.29) is 0 Å². The Bertz CT molecular complexity index is 555. The Labute approximate surface area is 98.0 Å². The third-order valence-corrected chi connectivity index (χ3v) is 3.46. The maximum absolute atomic E-state index is 10.3. The summed E-state index contributed by atoms with van der Waals surface area (Å²) in [6.45, 7) is 3.01. The molecule has 1 aromatic carbocycles. The second kappa shape index (κ2) is 4.47. The second-order valence-electron chi connectivity index (χ2n) is 3.51. The first-order valence-corrected chi connectivity index (χ1v) is 5.94. The van der Waals surface area contributed by atoms with Crippen LogP contribution in [0.4, 0.5) is 11.4 Å². The minimum atomic E-state index is 0.667. The van der Waals surface area contributed by atoms with Crippen LogP contribution < -0.4 is 4.90 Å². The highest BCUT2D eigenvalue weighted by Crippen LogP contribution is 2.34. The summed E-state index contributed by atoms with van der Waals surface area (Å²) in [7, 11) is 2.03. The molecule has 1 heterocycles. The average Bonchev–Trinajstić information content (AvgIpc) is 2.75. The Morgan fingerprint density at radius 2 is 2.31 bits per heavy atom. The number of nitrogens with zero attached hydrogens (tertiary/aromatic N) is 2. The van der Waals surface area contributed by atoms with Crippen molar-refractivity contribution < 1.29 is 4.79 Å². The lowest BCUT2D eigenvalue weighted by Gasteiger charge is -2.18. The second-order valence-corrected chi connectivity index (χ2v) is 4.46. The van der Waals surface area contributed by atoms with Gasteiger partial charge in [-0.25, -0.2) is 4.79 Å². The molecule has 2 rings (SSSR count). The minimum absolute atomic E-state index is 0.667. The number of rotatable bonds is 3. The summed E-state index contributed by atoms with van der Waals surface area (Å²) >= 11 is 1.65. The molecule has 1 aromatic heterocycles. The molecule has 0 amide bonds. The standard InChI is InChI=1S/C12H12N2OS/c1-3-14(2)11-6-9(13-8-15)7-12-10(11)4-5-16-12/h4-7H,3H2,1-2H3. The van der Waals surface area contributed by atoms with Crippen molar-refractivity contribution in [3.63, 3.8) is 0 Å². The number of carbonyl (C=O) groups excluding carboxylic acids is 1. The minimum Gasteiger partial charge on any atom is -0.374 e. The van der Waals surface area contributed by atoms with Gasteiger partial charge in [-0.1, -0.05) is 0 Å². The molecule has 4 heteroatoms. The van der Waals surface area contributed by atoms with E-state index in [0.29, 0.717) is 5.69 Å². The van der Waals surface area contributed by atoms with Gasteiger partial charge < -0.3 is 4.90 Å². The van der Waals surface area contributed by atoms with Crippen LogP contribution in [-0.4, -0.2) is 19.7 Å². The van der Waals surface area contributed by atoms with Crippen LogP contribution >= 0.6 is 11.3 Å². The van der Waals surface area contributed by atoms with Crippen LogP contribution in [0.15, 0.2) is 28.6 Å². The van der Waals surface area contributed by atoms with E-state index in [1.165, 1.54) is 5.39 Å². The fourth-order valence-corrected chi connectivity index (χ4v) is 2.48. The van der Waals surface area contributed by atoms with Crippen LogP contribution in [0.5, 0.6) is 0 Å². The number of fused-ring (bicyclic) bond motifs is 1. The lowest BCUT2D eigenvalue weighted by Crippen LogP contribution is -2.15. The number of thiophene rings is 1. The smallest absolute Gasteiger partial charge is 0.240 e. The van der Waals surface area contributed by atoms with Gasteiger partial charge in [-0.3, -0.25) is 0 Å². The summed E-state index contributed by atoms with van der Waals surface area (Å²) in [5.74, 6) is 0. The van der Waals surface area contributed by atoms with E-state index >= 15 is 0 Å². The van der Waals surface area contributed by atoms with Crippen LogP contribution in [-0.2, 0) is 4.79 Å². The summed E-state index contributed by atoms with van der Waals surface area (Å²) in [5.41, 5.74) is 1.77. The summed E-state index contributed by atoms with van der Waals surface area (Å²) in [6.07, 6.45) is 1.59. The van der Waals surface area contributed by atoms with E-state index in [1.807, 2.05) is 24.6 Å². The zero-order valence-electron chi connectivity index (χ0n) is 9.23. The number of hydrogen-bond acceptors (Lipinski definition) is 4. The van der Waals surface area contributed by atoms with Crippen LogP contribution in [0.1, 0.15) is 6.92 Å². The van der Waals surface area contributed by atoms with Crippen molar-refractivity contribution in [2.45, 2.75) is 6.92 Å². The van der Waals surface area contributed by atoms with Crippen LogP contribution in [0, 0.1) is 0 Å². The van der Waals surface area contributed by atoms with Gasteiger partial charge in [0.15, 0.2) is 0 Å². The van der Waals surface area contributed by atoms with Crippen LogP contribution in [0.2, 0.25) is 0 Å². The highest BCUT2D eigenvalue weighted by molar-refractivity contribution is 7.17. The number of benzene rings is 1. The maximum atomic E-state index is 10.3. The van der Waals surface area contributed by atoms with Gasteiger partial charge in [-0.15, -0.1) is 11.3 Å².